The van der Waals surface area contributed by atoms with E-state index >= 15 is 0 Å². The van der Waals surface area contributed by atoms with Crippen LogP contribution in [0.1, 0.15) is 41.7 Å². The highest BCUT2D eigenvalue weighted by molar-refractivity contribution is 5.96. The summed E-state index contributed by atoms with van der Waals surface area (Å²) < 4.78 is 1.66. The molecule has 1 aliphatic heterocycles. The van der Waals surface area contributed by atoms with Gasteiger partial charge in [-0.15, -0.1) is 0 Å². The second-order valence-electron chi connectivity index (χ2n) is 5.80. The lowest BCUT2D eigenvalue weighted by atomic mass is 9.87. The molecule has 1 aromatic rings. The van der Waals surface area contributed by atoms with Gasteiger partial charge in [0.15, 0.2) is 0 Å². The Labute approximate surface area is 123 Å². The van der Waals surface area contributed by atoms with E-state index in [0.717, 1.165) is 25.7 Å². The van der Waals surface area contributed by atoms with Crippen molar-refractivity contribution in [2.24, 2.45) is 7.05 Å². The zero-order valence-electron chi connectivity index (χ0n) is 12.0. The first kappa shape index (κ1) is 13.7. The van der Waals surface area contributed by atoms with E-state index in [4.69, 9.17) is 5.26 Å². The molecule has 2 heterocycles. The van der Waals surface area contributed by atoms with E-state index in [1.54, 1.807) is 28.8 Å². The summed E-state index contributed by atoms with van der Waals surface area (Å²) in [7, 11) is 1.75. The van der Waals surface area contributed by atoms with Gasteiger partial charge in [-0.25, -0.2) is 0 Å². The number of rotatable bonds is 1. The predicted octanol–water partition coefficient (Wildman–Crippen LogP) is 0.780. The Balaban J connectivity index is 1.89. The highest BCUT2D eigenvalue weighted by atomic mass is 16.2. The van der Waals surface area contributed by atoms with Crippen molar-refractivity contribution in [2.75, 3.05) is 6.54 Å². The van der Waals surface area contributed by atoms with Crippen LogP contribution >= 0.6 is 0 Å². The first-order valence-corrected chi connectivity index (χ1v) is 7.27. The Morgan fingerprint density at radius 1 is 1.43 bits per heavy atom. The van der Waals surface area contributed by atoms with Gasteiger partial charge in [0.05, 0.1) is 11.6 Å². The van der Waals surface area contributed by atoms with Crippen LogP contribution in [0.4, 0.5) is 0 Å². The molecule has 3 rings (SSSR count). The molecule has 2 aliphatic rings. The maximum absolute atomic E-state index is 12.8. The average Bonchev–Trinajstić information content (AvgIpc) is 2.86. The average molecular weight is 286 g/mol. The molecule has 0 radical (unpaired) electrons. The zero-order valence-corrected chi connectivity index (χ0v) is 12.0. The van der Waals surface area contributed by atoms with Crippen molar-refractivity contribution >= 4 is 11.8 Å². The quantitative estimate of drug-likeness (QED) is 0.828. The summed E-state index contributed by atoms with van der Waals surface area (Å²) in [5.41, 5.74) is 0.924. The molecular formula is C15H18N4O2. The summed E-state index contributed by atoms with van der Waals surface area (Å²) in [4.78, 5) is 26.3. The smallest absolute Gasteiger partial charge is 0.271 e. The standard InChI is InChI=1S/C15H18N4O2/c1-18-8-10(7-16)6-13(18)15(21)19-9-14(20)17-11-4-2-3-5-12(11)19/h6,8,11-12H,2-5,9H2,1H3,(H,17,20)/t11-,12+/m1/s1. The molecule has 1 aliphatic carbocycles. The number of fused-ring (bicyclic) bond motifs is 1. The largest absolute Gasteiger partial charge is 0.350 e. The number of aryl methyl sites for hydroxylation is 1. The Kier molecular flexibility index (Phi) is 3.42. The maximum atomic E-state index is 12.8. The van der Waals surface area contributed by atoms with Crippen molar-refractivity contribution in [3.63, 3.8) is 0 Å². The van der Waals surface area contributed by atoms with E-state index in [0.29, 0.717) is 11.3 Å². The minimum absolute atomic E-state index is 0.0691. The van der Waals surface area contributed by atoms with Crippen LogP contribution in [0.15, 0.2) is 12.3 Å². The molecule has 0 spiro atoms. The first-order valence-electron chi connectivity index (χ1n) is 7.27. The third-order valence-corrected chi connectivity index (χ3v) is 4.40. The molecule has 21 heavy (non-hydrogen) atoms. The normalized spacial score (nSPS) is 25.0. The lowest BCUT2D eigenvalue weighted by Gasteiger charge is -2.43. The van der Waals surface area contributed by atoms with Gasteiger partial charge in [0.25, 0.3) is 5.91 Å². The summed E-state index contributed by atoms with van der Waals surface area (Å²) in [6.45, 7) is 0.104. The van der Waals surface area contributed by atoms with Gasteiger partial charge >= 0.3 is 0 Å². The summed E-state index contributed by atoms with van der Waals surface area (Å²) in [6.07, 6.45) is 5.65. The highest BCUT2D eigenvalue weighted by Gasteiger charge is 2.39. The summed E-state index contributed by atoms with van der Waals surface area (Å²) in [5.74, 6) is -0.257. The number of nitrogens with one attached hydrogen (secondary N) is 1. The summed E-state index contributed by atoms with van der Waals surface area (Å²) >= 11 is 0. The predicted molar refractivity (Wildman–Crippen MR) is 75.4 cm³/mol. The Morgan fingerprint density at radius 2 is 2.19 bits per heavy atom. The van der Waals surface area contributed by atoms with Gasteiger partial charge in [0.2, 0.25) is 5.91 Å². The van der Waals surface area contributed by atoms with Crippen LogP contribution in [0.25, 0.3) is 0 Å². The molecule has 0 unspecified atom stereocenters. The maximum Gasteiger partial charge on any atom is 0.271 e. The van der Waals surface area contributed by atoms with Crippen LogP contribution in [-0.4, -0.2) is 39.9 Å². The number of carbonyl (C=O) groups is 2. The first-order chi connectivity index (χ1) is 10.1. The number of hydrogen-bond donors (Lipinski definition) is 1. The number of aromatic nitrogens is 1. The molecular weight excluding hydrogens is 268 g/mol. The Bertz CT molecular complexity index is 628. The van der Waals surface area contributed by atoms with Crippen LogP contribution in [0.5, 0.6) is 0 Å². The molecule has 110 valence electrons. The lowest BCUT2D eigenvalue weighted by molar-refractivity contribution is -0.127. The number of amides is 2. The van der Waals surface area contributed by atoms with Gasteiger partial charge < -0.3 is 14.8 Å². The minimum Gasteiger partial charge on any atom is -0.350 e. The topological polar surface area (TPSA) is 78.1 Å². The van der Waals surface area contributed by atoms with Gasteiger partial charge in [-0.3, -0.25) is 9.59 Å². The van der Waals surface area contributed by atoms with Gasteiger partial charge in [-0.05, 0) is 18.9 Å². The van der Waals surface area contributed by atoms with Crippen LogP contribution in [0.3, 0.4) is 0 Å². The van der Waals surface area contributed by atoms with Crippen molar-refractivity contribution in [1.82, 2.24) is 14.8 Å². The number of nitriles is 1. The SMILES string of the molecule is Cn1cc(C#N)cc1C(=O)N1CC(=O)N[C@@H]2CCCC[C@@H]21. The fourth-order valence-corrected chi connectivity index (χ4v) is 3.38. The van der Waals surface area contributed by atoms with E-state index in [9.17, 15) is 9.59 Å². The van der Waals surface area contributed by atoms with E-state index in [1.165, 1.54) is 0 Å². The second kappa shape index (κ2) is 5.24. The molecule has 6 heteroatoms. The molecule has 2 amide bonds. The zero-order chi connectivity index (χ0) is 15.0. The Morgan fingerprint density at radius 3 is 2.90 bits per heavy atom. The molecule has 0 bridgehead atoms. The Hall–Kier alpha value is -2.29. The minimum atomic E-state index is -0.161. The summed E-state index contributed by atoms with van der Waals surface area (Å²) in [5, 5.41) is 11.9. The van der Waals surface area contributed by atoms with Crippen LogP contribution in [0.2, 0.25) is 0 Å². The molecule has 6 nitrogen and oxygen atoms in total. The van der Waals surface area contributed by atoms with Crippen LogP contribution < -0.4 is 5.32 Å². The van der Waals surface area contributed by atoms with Crippen molar-refractivity contribution in [3.05, 3.63) is 23.5 Å². The van der Waals surface area contributed by atoms with Crippen LogP contribution in [0, 0.1) is 11.3 Å². The number of hydrogen-bond acceptors (Lipinski definition) is 3. The van der Waals surface area contributed by atoms with Gasteiger partial charge in [-0.2, -0.15) is 5.26 Å². The molecule has 0 aromatic carbocycles. The number of carbonyl (C=O) groups excluding carboxylic acids is 2. The highest BCUT2D eigenvalue weighted by Crippen LogP contribution is 2.27. The van der Waals surface area contributed by atoms with Gasteiger partial charge in [0, 0.05) is 19.3 Å². The lowest BCUT2D eigenvalue weighted by Crippen LogP contribution is -2.63. The molecule has 2 atom stereocenters. The van der Waals surface area contributed by atoms with E-state index < -0.39 is 0 Å². The van der Waals surface area contributed by atoms with Gasteiger partial charge in [-0.1, -0.05) is 12.8 Å². The summed E-state index contributed by atoms with van der Waals surface area (Å²) in [6, 6.07) is 3.77. The molecule has 1 saturated heterocycles. The molecule has 2 fully saturated rings. The van der Waals surface area contributed by atoms with Crippen molar-refractivity contribution in [3.8, 4) is 6.07 Å². The third-order valence-electron chi connectivity index (χ3n) is 4.40. The second-order valence-corrected chi connectivity index (χ2v) is 5.80. The van der Waals surface area contributed by atoms with Crippen molar-refractivity contribution < 1.29 is 9.59 Å². The van der Waals surface area contributed by atoms with Crippen LogP contribution in [-0.2, 0) is 11.8 Å². The molecule has 1 saturated carbocycles. The number of nitrogens with zero attached hydrogens (tertiary/aromatic N) is 3. The number of piperazine rings is 1. The van der Waals surface area contributed by atoms with E-state index in [2.05, 4.69) is 5.32 Å². The molecule has 1 N–H and O–H groups in total. The molecule has 1 aromatic heterocycles. The fraction of sp³-hybridized carbons (Fsp3) is 0.533. The monoisotopic (exact) mass is 286 g/mol. The fourth-order valence-electron chi connectivity index (χ4n) is 3.38. The van der Waals surface area contributed by atoms with Gasteiger partial charge in [0.1, 0.15) is 18.3 Å². The van der Waals surface area contributed by atoms with E-state index in [-0.39, 0.29) is 30.4 Å². The van der Waals surface area contributed by atoms with Crippen molar-refractivity contribution in [1.29, 1.82) is 5.26 Å². The third kappa shape index (κ3) is 2.40. The van der Waals surface area contributed by atoms with Crippen molar-refractivity contribution in [2.45, 2.75) is 37.8 Å². The van der Waals surface area contributed by atoms with E-state index in [1.807, 2.05) is 6.07 Å².